The minimum absolute atomic E-state index is 0.0209. The number of urea groups is 1. The highest BCUT2D eigenvalue weighted by Crippen LogP contribution is 2.20. The largest absolute Gasteiger partial charge is 0.481 e. The summed E-state index contributed by atoms with van der Waals surface area (Å²) in [4.78, 5) is 24.0. The van der Waals surface area contributed by atoms with Crippen LogP contribution >= 0.6 is 0 Å². The van der Waals surface area contributed by atoms with Gasteiger partial charge >= 0.3 is 12.0 Å². The molecule has 19 heavy (non-hydrogen) atoms. The Morgan fingerprint density at radius 1 is 1.47 bits per heavy atom. The van der Waals surface area contributed by atoms with Gasteiger partial charge in [-0.25, -0.2) is 4.79 Å². The maximum Gasteiger partial charge on any atom is 0.321 e. The predicted octanol–water partition coefficient (Wildman–Crippen LogP) is 1.18. The van der Waals surface area contributed by atoms with E-state index in [2.05, 4.69) is 5.32 Å². The van der Waals surface area contributed by atoms with Crippen molar-refractivity contribution in [1.29, 1.82) is 5.26 Å². The lowest BCUT2D eigenvalue weighted by molar-refractivity contribution is -0.138. The number of hydrogen-bond acceptors (Lipinski definition) is 3. The van der Waals surface area contributed by atoms with Crippen molar-refractivity contribution in [3.05, 3.63) is 29.8 Å². The number of aliphatic carboxylic acids is 1. The van der Waals surface area contributed by atoms with Crippen molar-refractivity contribution >= 4 is 17.7 Å². The smallest absolute Gasteiger partial charge is 0.321 e. The molecule has 0 spiro atoms. The second-order valence-corrected chi connectivity index (χ2v) is 4.42. The number of benzene rings is 1. The van der Waals surface area contributed by atoms with Crippen molar-refractivity contribution in [2.24, 2.45) is 5.92 Å². The Morgan fingerprint density at radius 3 is 2.74 bits per heavy atom. The van der Waals surface area contributed by atoms with Gasteiger partial charge in [-0.3, -0.25) is 9.69 Å². The van der Waals surface area contributed by atoms with Gasteiger partial charge in [-0.1, -0.05) is 0 Å². The van der Waals surface area contributed by atoms with E-state index in [1.807, 2.05) is 6.07 Å². The summed E-state index contributed by atoms with van der Waals surface area (Å²) in [5.74, 6) is -0.994. The Balaban J connectivity index is 2.14. The van der Waals surface area contributed by atoms with Crippen molar-refractivity contribution < 1.29 is 14.7 Å². The van der Waals surface area contributed by atoms with Crippen molar-refractivity contribution in [2.75, 3.05) is 18.0 Å². The molecular weight excluding hydrogens is 246 g/mol. The van der Waals surface area contributed by atoms with Crippen LogP contribution in [0.3, 0.4) is 0 Å². The fourth-order valence-corrected chi connectivity index (χ4v) is 2.05. The second-order valence-electron chi connectivity index (χ2n) is 4.42. The van der Waals surface area contributed by atoms with Crippen LogP contribution in [0.5, 0.6) is 0 Å². The number of hydrogen-bond donors (Lipinski definition) is 2. The Morgan fingerprint density at radius 2 is 2.16 bits per heavy atom. The van der Waals surface area contributed by atoms with E-state index in [0.29, 0.717) is 24.3 Å². The van der Waals surface area contributed by atoms with E-state index in [1.54, 1.807) is 24.3 Å². The number of carbonyl (C=O) groups excluding carboxylic acids is 1. The maximum absolute atomic E-state index is 11.8. The van der Waals surface area contributed by atoms with E-state index in [1.165, 1.54) is 4.90 Å². The molecule has 98 valence electrons. The molecule has 6 nitrogen and oxygen atoms in total. The number of carboxylic acids is 1. The zero-order valence-electron chi connectivity index (χ0n) is 10.2. The summed E-state index contributed by atoms with van der Waals surface area (Å²) in [7, 11) is 0. The van der Waals surface area contributed by atoms with Crippen LogP contribution in [0.15, 0.2) is 24.3 Å². The number of carbonyl (C=O) groups is 2. The number of nitriles is 1. The van der Waals surface area contributed by atoms with Gasteiger partial charge in [0.2, 0.25) is 0 Å². The highest BCUT2D eigenvalue weighted by Gasteiger charge is 2.27. The molecule has 1 fully saturated rings. The highest BCUT2D eigenvalue weighted by molar-refractivity contribution is 5.93. The standard InChI is InChI=1S/C13H13N3O3/c14-6-9-1-3-11(4-2-9)16-8-10(5-12(17)18)7-15-13(16)19/h1-4,10H,5,7-8H2,(H,15,19)(H,17,18). The van der Waals surface area contributed by atoms with Crippen molar-refractivity contribution in [2.45, 2.75) is 6.42 Å². The molecule has 0 aromatic heterocycles. The van der Waals surface area contributed by atoms with Gasteiger partial charge in [-0.15, -0.1) is 0 Å². The SMILES string of the molecule is N#Cc1ccc(N2CC(CC(=O)O)CNC2=O)cc1. The predicted molar refractivity (Wildman–Crippen MR) is 67.6 cm³/mol. The van der Waals surface area contributed by atoms with Crippen molar-refractivity contribution in [3.63, 3.8) is 0 Å². The lowest BCUT2D eigenvalue weighted by Crippen LogP contribution is -2.51. The van der Waals surface area contributed by atoms with E-state index in [9.17, 15) is 9.59 Å². The summed E-state index contributed by atoms with van der Waals surface area (Å²) in [6, 6.07) is 8.38. The Bertz CT molecular complexity index is 533. The third kappa shape index (κ3) is 3.01. The molecule has 2 rings (SSSR count). The maximum atomic E-state index is 11.8. The topological polar surface area (TPSA) is 93.4 Å². The third-order valence-corrected chi connectivity index (χ3v) is 3.00. The fourth-order valence-electron chi connectivity index (χ4n) is 2.05. The minimum atomic E-state index is -0.874. The van der Waals surface area contributed by atoms with Crippen LogP contribution in [0.2, 0.25) is 0 Å². The lowest BCUT2D eigenvalue weighted by atomic mass is 10.0. The van der Waals surface area contributed by atoms with Gasteiger partial charge in [0.25, 0.3) is 0 Å². The zero-order valence-corrected chi connectivity index (χ0v) is 10.2. The van der Waals surface area contributed by atoms with Gasteiger partial charge in [0.05, 0.1) is 18.1 Å². The number of nitrogens with one attached hydrogen (secondary N) is 1. The second kappa shape index (κ2) is 5.40. The first kappa shape index (κ1) is 12.9. The molecule has 1 saturated heterocycles. The van der Waals surface area contributed by atoms with E-state index < -0.39 is 5.97 Å². The first-order chi connectivity index (χ1) is 9.10. The molecule has 0 aliphatic carbocycles. The molecule has 6 heteroatoms. The molecule has 1 aliphatic heterocycles. The Labute approximate surface area is 110 Å². The number of nitrogens with zero attached hydrogens (tertiary/aromatic N) is 2. The third-order valence-electron chi connectivity index (χ3n) is 3.00. The summed E-state index contributed by atoms with van der Waals surface area (Å²) in [6.07, 6.45) is 0.0209. The molecule has 1 heterocycles. The summed E-state index contributed by atoms with van der Waals surface area (Å²) >= 11 is 0. The van der Waals surface area contributed by atoms with Gasteiger partial charge < -0.3 is 10.4 Å². The monoisotopic (exact) mass is 259 g/mol. The first-order valence-corrected chi connectivity index (χ1v) is 5.87. The Hall–Kier alpha value is -2.55. The van der Waals surface area contributed by atoms with E-state index in [4.69, 9.17) is 10.4 Å². The molecule has 0 radical (unpaired) electrons. The molecule has 2 N–H and O–H groups in total. The molecule has 0 saturated carbocycles. The summed E-state index contributed by atoms with van der Waals surface area (Å²) in [5.41, 5.74) is 1.18. The van der Waals surface area contributed by atoms with Crippen LogP contribution in [0.25, 0.3) is 0 Å². The number of anilines is 1. The summed E-state index contributed by atoms with van der Waals surface area (Å²) in [6.45, 7) is 0.738. The van der Waals surface area contributed by atoms with Crippen LogP contribution in [0.4, 0.5) is 10.5 Å². The quantitative estimate of drug-likeness (QED) is 0.852. The highest BCUT2D eigenvalue weighted by atomic mass is 16.4. The van der Waals surface area contributed by atoms with Crippen LogP contribution < -0.4 is 10.2 Å². The van der Waals surface area contributed by atoms with Gasteiger partial charge in [0.1, 0.15) is 0 Å². The van der Waals surface area contributed by atoms with E-state index >= 15 is 0 Å². The average Bonchev–Trinajstić information content (AvgIpc) is 2.40. The lowest BCUT2D eigenvalue weighted by Gasteiger charge is -2.32. The number of carboxylic acid groups (broad SMARTS) is 1. The minimum Gasteiger partial charge on any atom is -0.481 e. The fraction of sp³-hybridized carbons (Fsp3) is 0.308. The first-order valence-electron chi connectivity index (χ1n) is 5.87. The molecule has 2 amide bonds. The molecule has 1 atom stereocenters. The van der Waals surface area contributed by atoms with Crippen molar-refractivity contribution in [1.82, 2.24) is 5.32 Å². The number of rotatable bonds is 3. The van der Waals surface area contributed by atoms with Gasteiger partial charge in [0.15, 0.2) is 0 Å². The summed E-state index contributed by atoms with van der Waals surface area (Å²) < 4.78 is 0. The van der Waals surface area contributed by atoms with E-state index in [-0.39, 0.29) is 18.4 Å². The molecule has 1 aromatic rings. The van der Waals surface area contributed by atoms with Crippen molar-refractivity contribution in [3.8, 4) is 6.07 Å². The van der Waals surface area contributed by atoms with Gasteiger partial charge in [0, 0.05) is 24.7 Å². The normalized spacial score (nSPS) is 18.6. The Kier molecular flexibility index (Phi) is 3.66. The molecular formula is C13H13N3O3. The van der Waals surface area contributed by atoms with E-state index in [0.717, 1.165) is 0 Å². The summed E-state index contributed by atoms with van der Waals surface area (Å²) in [5, 5.41) is 20.2. The van der Waals surface area contributed by atoms with Crippen LogP contribution in [0.1, 0.15) is 12.0 Å². The zero-order chi connectivity index (χ0) is 13.8. The molecule has 1 aliphatic rings. The molecule has 1 aromatic carbocycles. The van der Waals surface area contributed by atoms with Crippen LogP contribution in [-0.2, 0) is 4.79 Å². The van der Waals surface area contributed by atoms with Gasteiger partial charge in [-0.05, 0) is 24.3 Å². The van der Waals surface area contributed by atoms with Crippen LogP contribution in [0, 0.1) is 17.2 Å². The average molecular weight is 259 g/mol. The van der Waals surface area contributed by atoms with Gasteiger partial charge in [-0.2, -0.15) is 5.26 Å². The molecule has 0 bridgehead atoms. The number of amides is 2. The van der Waals surface area contributed by atoms with Crippen LogP contribution in [-0.4, -0.2) is 30.2 Å². The molecule has 1 unspecified atom stereocenters.